The van der Waals surface area contributed by atoms with Gasteiger partial charge in [-0.2, -0.15) is 5.26 Å². The molecular formula is C16H15N3. The molecule has 0 saturated heterocycles. The molecule has 0 amide bonds. The molecule has 19 heavy (non-hydrogen) atoms. The fourth-order valence-electron chi connectivity index (χ4n) is 2.12. The van der Waals surface area contributed by atoms with Gasteiger partial charge >= 0.3 is 0 Å². The van der Waals surface area contributed by atoms with Crippen molar-refractivity contribution in [2.45, 2.75) is 0 Å². The number of nitriles is 1. The molecule has 0 aliphatic carbocycles. The first-order valence-electron chi connectivity index (χ1n) is 6.06. The van der Waals surface area contributed by atoms with Gasteiger partial charge in [-0.05, 0) is 6.07 Å². The molecule has 2 rings (SSSR count). The summed E-state index contributed by atoms with van der Waals surface area (Å²) in [7, 11) is 0. The van der Waals surface area contributed by atoms with E-state index in [2.05, 4.69) is 29.1 Å². The van der Waals surface area contributed by atoms with Crippen molar-refractivity contribution in [3.05, 3.63) is 61.3 Å². The first kappa shape index (κ1) is 12.8. The number of rotatable bonds is 5. The quantitative estimate of drug-likeness (QED) is 0.763. The molecule has 0 bridgehead atoms. The maximum atomic E-state index is 9.29. The van der Waals surface area contributed by atoms with Crippen molar-refractivity contribution in [1.29, 1.82) is 5.26 Å². The van der Waals surface area contributed by atoms with Crippen LogP contribution >= 0.6 is 0 Å². The van der Waals surface area contributed by atoms with Crippen molar-refractivity contribution in [2.75, 3.05) is 18.0 Å². The van der Waals surface area contributed by atoms with Gasteiger partial charge in [-0.1, -0.05) is 30.4 Å². The Morgan fingerprint density at radius 2 is 1.89 bits per heavy atom. The van der Waals surface area contributed by atoms with E-state index < -0.39 is 0 Å². The van der Waals surface area contributed by atoms with Gasteiger partial charge in [0.25, 0.3) is 0 Å². The first-order valence-corrected chi connectivity index (χ1v) is 6.06. The van der Waals surface area contributed by atoms with Crippen molar-refractivity contribution >= 4 is 16.6 Å². The highest BCUT2D eigenvalue weighted by molar-refractivity contribution is 5.94. The van der Waals surface area contributed by atoms with Crippen LogP contribution in [0.3, 0.4) is 0 Å². The molecule has 0 atom stereocenters. The normalized spacial score (nSPS) is 9.84. The highest BCUT2D eigenvalue weighted by atomic mass is 15.1. The highest BCUT2D eigenvalue weighted by Crippen LogP contribution is 2.29. The Bertz CT molecular complexity index is 643. The van der Waals surface area contributed by atoms with Crippen LogP contribution in [0.1, 0.15) is 5.56 Å². The number of hydrogen-bond donors (Lipinski definition) is 0. The van der Waals surface area contributed by atoms with Crippen molar-refractivity contribution in [2.24, 2.45) is 0 Å². The van der Waals surface area contributed by atoms with Gasteiger partial charge in [0.2, 0.25) is 0 Å². The van der Waals surface area contributed by atoms with Crippen LogP contribution in [-0.2, 0) is 0 Å². The second kappa shape index (κ2) is 5.83. The van der Waals surface area contributed by atoms with E-state index in [0.29, 0.717) is 18.7 Å². The second-order valence-electron chi connectivity index (χ2n) is 4.13. The van der Waals surface area contributed by atoms with Crippen LogP contribution in [0.25, 0.3) is 10.9 Å². The fourth-order valence-corrected chi connectivity index (χ4v) is 2.12. The standard InChI is InChI=1S/C16H15N3/c1-3-9-19(10-4-2)16-13(11-17)12-18-15-8-6-5-7-14(15)16/h3-8,12H,1-2,9-10H2. The van der Waals surface area contributed by atoms with E-state index in [-0.39, 0.29) is 0 Å². The molecule has 0 unspecified atom stereocenters. The minimum absolute atomic E-state index is 0.572. The minimum atomic E-state index is 0.572. The molecule has 1 heterocycles. The summed E-state index contributed by atoms with van der Waals surface area (Å²) in [5.41, 5.74) is 2.35. The van der Waals surface area contributed by atoms with E-state index >= 15 is 0 Å². The molecule has 1 aromatic heterocycles. The largest absolute Gasteiger partial charge is 0.362 e. The van der Waals surface area contributed by atoms with Gasteiger partial charge in [0.05, 0.1) is 16.8 Å². The molecule has 1 aromatic carbocycles. The predicted octanol–water partition coefficient (Wildman–Crippen LogP) is 3.28. The van der Waals surface area contributed by atoms with Crippen molar-refractivity contribution < 1.29 is 0 Å². The third kappa shape index (κ3) is 2.48. The zero-order chi connectivity index (χ0) is 13.7. The molecule has 0 radical (unpaired) electrons. The summed E-state index contributed by atoms with van der Waals surface area (Å²) >= 11 is 0. The Balaban J connectivity index is 2.69. The third-order valence-electron chi connectivity index (χ3n) is 2.88. The van der Waals surface area contributed by atoms with Gasteiger partial charge in [0.15, 0.2) is 0 Å². The molecule has 2 aromatic rings. The average molecular weight is 249 g/mol. The summed E-state index contributed by atoms with van der Waals surface area (Å²) in [4.78, 5) is 6.39. The van der Waals surface area contributed by atoms with Crippen LogP contribution in [0.2, 0.25) is 0 Å². The van der Waals surface area contributed by atoms with Crippen molar-refractivity contribution in [1.82, 2.24) is 4.98 Å². The molecule has 0 aliphatic rings. The predicted molar refractivity (Wildman–Crippen MR) is 79.1 cm³/mol. The lowest BCUT2D eigenvalue weighted by Gasteiger charge is -2.24. The van der Waals surface area contributed by atoms with E-state index in [1.54, 1.807) is 6.20 Å². The number of hydrogen-bond acceptors (Lipinski definition) is 3. The molecule has 0 aliphatic heterocycles. The lowest BCUT2D eigenvalue weighted by Crippen LogP contribution is -2.24. The molecule has 94 valence electrons. The lowest BCUT2D eigenvalue weighted by atomic mass is 10.1. The number of benzene rings is 1. The Labute approximate surface area is 113 Å². The smallest absolute Gasteiger partial charge is 0.103 e. The third-order valence-corrected chi connectivity index (χ3v) is 2.88. The zero-order valence-electron chi connectivity index (χ0n) is 10.7. The summed E-state index contributed by atoms with van der Waals surface area (Å²) in [6.45, 7) is 8.86. The van der Waals surface area contributed by atoms with Crippen LogP contribution < -0.4 is 4.90 Å². The summed E-state index contributed by atoms with van der Waals surface area (Å²) in [5, 5.41) is 10.3. The van der Waals surface area contributed by atoms with Crippen LogP contribution in [0.15, 0.2) is 55.8 Å². The monoisotopic (exact) mass is 249 g/mol. The van der Waals surface area contributed by atoms with Crippen molar-refractivity contribution in [3.8, 4) is 6.07 Å². The van der Waals surface area contributed by atoms with Crippen LogP contribution in [-0.4, -0.2) is 18.1 Å². The van der Waals surface area contributed by atoms with E-state index in [1.807, 2.05) is 36.4 Å². The minimum Gasteiger partial charge on any atom is -0.362 e. The Hall–Kier alpha value is -2.60. The first-order chi connectivity index (χ1) is 9.31. The highest BCUT2D eigenvalue weighted by Gasteiger charge is 2.13. The summed E-state index contributed by atoms with van der Waals surface area (Å²) < 4.78 is 0. The summed E-state index contributed by atoms with van der Waals surface area (Å²) in [6, 6.07) is 10.0. The topological polar surface area (TPSA) is 39.9 Å². The summed E-state index contributed by atoms with van der Waals surface area (Å²) in [5.74, 6) is 0. The van der Waals surface area contributed by atoms with Gasteiger partial charge in [-0.15, -0.1) is 13.2 Å². The Kier molecular flexibility index (Phi) is 3.94. The molecule has 0 spiro atoms. The number of aromatic nitrogens is 1. The van der Waals surface area contributed by atoms with Gasteiger partial charge in [0, 0.05) is 24.7 Å². The number of fused-ring (bicyclic) bond motifs is 1. The van der Waals surface area contributed by atoms with Crippen LogP contribution in [0.4, 0.5) is 5.69 Å². The maximum Gasteiger partial charge on any atom is 0.103 e. The lowest BCUT2D eigenvalue weighted by molar-refractivity contribution is 0.958. The molecule has 0 N–H and O–H groups in total. The molecule has 3 heteroatoms. The summed E-state index contributed by atoms with van der Waals surface area (Å²) in [6.07, 6.45) is 5.26. The van der Waals surface area contributed by atoms with E-state index in [9.17, 15) is 5.26 Å². The maximum absolute atomic E-state index is 9.29. The molecular weight excluding hydrogens is 234 g/mol. The fraction of sp³-hybridized carbons (Fsp3) is 0.125. The number of pyridine rings is 1. The van der Waals surface area contributed by atoms with Gasteiger partial charge in [-0.25, -0.2) is 0 Å². The van der Waals surface area contributed by atoms with Crippen LogP contribution in [0, 0.1) is 11.3 Å². The number of nitrogens with zero attached hydrogens (tertiary/aromatic N) is 3. The zero-order valence-corrected chi connectivity index (χ0v) is 10.7. The Morgan fingerprint density at radius 3 is 2.53 bits per heavy atom. The van der Waals surface area contributed by atoms with Gasteiger partial charge in [0.1, 0.15) is 6.07 Å². The van der Waals surface area contributed by atoms with Crippen molar-refractivity contribution in [3.63, 3.8) is 0 Å². The second-order valence-corrected chi connectivity index (χ2v) is 4.13. The molecule has 0 saturated carbocycles. The van der Waals surface area contributed by atoms with E-state index in [4.69, 9.17) is 0 Å². The molecule has 0 fully saturated rings. The van der Waals surface area contributed by atoms with E-state index in [1.165, 1.54) is 0 Å². The average Bonchev–Trinajstić information content (AvgIpc) is 2.46. The SMILES string of the molecule is C=CCN(CC=C)c1c(C#N)cnc2ccccc12. The van der Waals surface area contributed by atoms with Crippen LogP contribution in [0.5, 0.6) is 0 Å². The number of para-hydroxylation sites is 1. The molecule has 3 nitrogen and oxygen atoms in total. The van der Waals surface area contributed by atoms with E-state index in [0.717, 1.165) is 16.6 Å². The Morgan fingerprint density at radius 1 is 1.21 bits per heavy atom. The van der Waals surface area contributed by atoms with Gasteiger partial charge < -0.3 is 4.90 Å². The van der Waals surface area contributed by atoms with Gasteiger partial charge in [-0.3, -0.25) is 4.98 Å². The number of anilines is 1.